The highest BCUT2D eigenvalue weighted by Gasteiger charge is 2.28. The van der Waals surface area contributed by atoms with E-state index in [4.69, 9.17) is 0 Å². The van der Waals surface area contributed by atoms with Crippen molar-refractivity contribution in [2.24, 2.45) is 0 Å². The van der Waals surface area contributed by atoms with Gasteiger partial charge in [0.2, 0.25) is 5.91 Å². The Morgan fingerprint density at radius 2 is 2.22 bits per heavy atom. The van der Waals surface area contributed by atoms with Crippen LogP contribution in [0.4, 0.5) is 0 Å². The third kappa shape index (κ3) is 3.23. The van der Waals surface area contributed by atoms with E-state index in [-0.39, 0.29) is 11.8 Å². The van der Waals surface area contributed by atoms with Gasteiger partial charge in [-0.05, 0) is 37.5 Å². The molecule has 2 aromatic rings. The van der Waals surface area contributed by atoms with E-state index in [9.17, 15) is 9.59 Å². The maximum Gasteiger partial charge on any atom is 0.270 e. The Labute approximate surface area is 134 Å². The number of likely N-dealkylation sites (tertiary alicyclic amines) is 1. The van der Waals surface area contributed by atoms with Crippen molar-refractivity contribution < 1.29 is 9.59 Å². The number of imidazole rings is 1. The van der Waals surface area contributed by atoms with Gasteiger partial charge in [-0.2, -0.15) is 0 Å². The van der Waals surface area contributed by atoms with Crippen LogP contribution in [0.25, 0.3) is 5.82 Å². The third-order valence-electron chi connectivity index (χ3n) is 3.92. The molecular weight excluding hydrogens is 294 g/mol. The molecule has 1 saturated heterocycles. The van der Waals surface area contributed by atoms with Gasteiger partial charge in [-0.3, -0.25) is 14.2 Å². The van der Waals surface area contributed by atoms with E-state index in [0.29, 0.717) is 17.9 Å². The number of carbonyl (C=O) groups excluding carboxylic acids is 2. The Morgan fingerprint density at radius 3 is 2.96 bits per heavy atom. The second kappa shape index (κ2) is 6.20. The van der Waals surface area contributed by atoms with Gasteiger partial charge >= 0.3 is 0 Å². The fourth-order valence-corrected chi connectivity index (χ4v) is 2.69. The lowest BCUT2D eigenvalue weighted by atomic mass is 10.1. The Hall–Kier alpha value is -2.70. The van der Waals surface area contributed by atoms with Crippen molar-refractivity contribution in [3.05, 3.63) is 42.1 Å². The van der Waals surface area contributed by atoms with Gasteiger partial charge < -0.3 is 10.2 Å². The first-order chi connectivity index (χ1) is 11.0. The highest BCUT2D eigenvalue weighted by Crippen LogP contribution is 2.13. The molecule has 1 atom stereocenters. The van der Waals surface area contributed by atoms with Crippen LogP contribution in [0.5, 0.6) is 0 Å². The van der Waals surface area contributed by atoms with Crippen molar-refractivity contribution in [2.75, 3.05) is 13.6 Å². The van der Waals surface area contributed by atoms with Gasteiger partial charge in [-0.15, -0.1) is 0 Å². The fraction of sp³-hybridized carbons (Fsp3) is 0.375. The third-order valence-corrected chi connectivity index (χ3v) is 3.92. The van der Waals surface area contributed by atoms with Crippen molar-refractivity contribution in [1.82, 2.24) is 24.8 Å². The standard InChI is InChI=1S/C16H19N5O2/c1-11-8-13(18-14(9-11)21-7-5-17-10-21)15(22)19-12-4-3-6-20(2)16(12)23/h5,7-10,12H,3-4,6H2,1-2H3,(H,19,22)/t12-/m1/s1. The lowest BCUT2D eigenvalue weighted by Crippen LogP contribution is -2.50. The average Bonchev–Trinajstić information content (AvgIpc) is 3.05. The highest BCUT2D eigenvalue weighted by atomic mass is 16.2. The molecule has 1 N–H and O–H groups in total. The first kappa shape index (κ1) is 15.2. The number of hydrogen-bond acceptors (Lipinski definition) is 4. The monoisotopic (exact) mass is 313 g/mol. The molecule has 0 unspecified atom stereocenters. The van der Waals surface area contributed by atoms with Crippen molar-refractivity contribution >= 4 is 11.8 Å². The van der Waals surface area contributed by atoms with E-state index in [0.717, 1.165) is 18.5 Å². The molecule has 7 nitrogen and oxygen atoms in total. The maximum absolute atomic E-state index is 12.5. The quantitative estimate of drug-likeness (QED) is 0.914. The van der Waals surface area contributed by atoms with Gasteiger partial charge in [0.15, 0.2) is 0 Å². The maximum atomic E-state index is 12.5. The molecule has 0 spiro atoms. The molecule has 0 radical (unpaired) electrons. The van der Waals surface area contributed by atoms with Crippen LogP contribution < -0.4 is 5.32 Å². The van der Waals surface area contributed by atoms with E-state index in [1.165, 1.54) is 0 Å². The number of likely N-dealkylation sites (N-methyl/N-ethyl adjacent to an activating group) is 1. The topological polar surface area (TPSA) is 80.1 Å². The lowest BCUT2D eigenvalue weighted by Gasteiger charge is -2.29. The van der Waals surface area contributed by atoms with Crippen LogP contribution in [-0.2, 0) is 4.79 Å². The molecule has 120 valence electrons. The first-order valence-corrected chi connectivity index (χ1v) is 7.57. The second-order valence-electron chi connectivity index (χ2n) is 5.79. The van der Waals surface area contributed by atoms with E-state index in [1.54, 1.807) is 41.3 Å². The Morgan fingerprint density at radius 1 is 1.39 bits per heavy atom. The number of nitrogens with one attached hydrogen (secondary N) is 1. The number of piperidine rings is 1. The SMILES string of the molecule is Cc1cc(C(=O)N[C@@H]2CCCN(C)C2=O)nc(-n2ccnc2)c1. The molecular formula is C16H19N5O2. The molecule has 2 aromatic heterocycles. The van der Waals surface area contributed by atoms with Gasteiger partial charge in [-0.1, -0.05) is 0 Å². The minimum absolute atomic E-state index is 0.0490. The van der Waals surface area contributed by atoms with Crippen molar-refractivity contribution in [2.45, 2.75) is 25.8 Å². The molecule has 0 saturated carbocycles. The molecule has 2 amide bonds. The van der Waals surface area contributed by atoms with Crippen LogP contribution in [0.3, 0.4) is 0 Å². The zero-order valence-corrected chi connectivity index (χ0v) is 13.2. The van der Waals surface area contributed by atoms with Crippen molar-refractivity contribution in [3.63, 3.8) is 0 Å². The fourth-order valence-electron chi connectivity index (χ4n) is 2.69. The summed E-state index contributed by atoms with van der Waals surface area (Å²) in [6.45, 7) is 2.64. The van der Waals surface area contributed by atoms with Gasteiger partial charge in [-0.25, -0.2) is 9.97 Å². The summed E-state index contributed by atoms with van der Waals surface area (Å²) in [5, 5.41) is 2.80. The molecule has 1 aliphatic heterocycles. The van der Waals surface area contributed by atoms with Crippen LogP contribution in [-0.4, -0.2) is 50.9 Å². The van der Waals surface area contributed by atoms with E-state index in [2.05, 4.69) is 15.3 Å². The van der Waals surface area contributed by atoms with Crippen molar-refractivity contribution in [3.8, 4) is 5.82 Å². The normalized spacial score (nSPS) is 18.1. The van der Waals surface area contributed by atoms with Crippen molar-refractivity contribution in [1.29, 1.82) is 0 Å². The molecule has 3 heterocycles. The Kier molecular flexibility index (Phi) is 4.10. The van der Waals surface area contributed by atoms with Crippen LogP contribution in [0.2, 0.25) is 0 Å². The molecule has 0 bridgehead atoms. The minimum atomic E-state index is -0.472. The minimum Gasteiger partial charge on any atom is -0.344 e. The van der Waals surface area contributed by atoms with E-state index < -0.39 is 6.04 Å². The molecule has 23 heavy (non-hydrogen) atoms. The molecule has 0 aliphatic carbocycles. The predicted octanol–water partition coefficient (Wildman–Crippen LogP) is 0.926. The van der Waals surface area contributed by atoms with E-state index >= 15 is 0 Å². The zero-order valence-electron chi connectivity index (χ0n) is 13.2. The van der Waals surface area contributed by atoms with Gasteiger partial charge in [0.05, 0.1) is 0 Å². The molecule has 0 aromatic carbocycles. The second-order valence-corrected chi connectivity index (χ2v) is 5.79. The zero-order chi connectivity index (χ0) is 16.4. The van der Waals surface area contributed by atoms with Crippen LogP contribution in [0.1, 0.15) is 28.9 Å². The van der Waals surface area contributed by atoms with Gasteiger partial charge in [0.25, 0.3) is 5.91 Å². The van der Waals surface area contributed by atoms with Crippen LogP contribution in [0.15, 0.2) is 30.9 Å². The summed E-state index contributed by atoms with van der Waals surface area (Å²) in [6.07, 6.45) is 6.59. The van der Waals surface area contributed by atoms with E-state index in [1.807, 2.05) is 13.0 Å². The average molecular weight is 313 g/mol. The number of carbonyl (C=O) groups is 2. The summed E-state index contributed by atoms with van der Waals surface area (Å²) >= 11 is 0. The molecule has 1 fully saturated rings. The van der Waals surface area contributed by atoms with Crippen LogP contribution in [0, 0.1) is 6.92 Å². The smallest absolute Gasteiger partial charge is 0.270 e. The number of aromatic nitrogens is 3. The summed E-state index contributed by atoms with van der Waals surface area (Å²) in [7, 11) is 1.75. The summed E-state index contributed by atoms with van der Waals surface area (Å²) in [6, 6.07) is 3.12. The molecule has 7 heteroatoms. The summed E-state index contributed by atoms with van der Waals surface area (Å²) in [5.41, 5.74) is 1.22. The predicted molar refractivity (Wildman–Crippen MR) is 84.2 cm³/mol. The lowest BCUT2D eigenvalue weighted by molar-refractivity contribution is -0.134. The number of nitrogens with zero attached hydrogens (tertiary/aromatic N) is 4. The summed E-state index contributed by atoms with van der Waals surface area (Å²) in [4.78, 5) is 34.6. The van der Waals surface area contributed by atoms with Crippen LogP contribution >= 0.6 is 0 Å². The number of pyridine rings is 1. The molecule has 1 aliphatic rings. The summed E-state index contributed by atoms with van der Waals surface area (Å²) < 4.78 is 1.74. The number of aryl methyl sites for hydroxylation is 1. The number of hydrogen-bond donors (Lipinski definition) is 1. The number of amides is 2. The highest BCUT2D eigenvalue weighted by molar-refractivity contribution is 5.96. The largest absolute Gasteiger partial charge is 0.344 e. The Balaban J connectivity index is 1.81. The molecule has 3 rings (SSSR count). The first-order valence-electron chi connectivity index (χ1n) is 7.57. The Bertz CT molecular complexity index is 726. The number of rotatable bonds is 3. The van der Waals surface area contributed by atoms with Gasteiger partial charge in [0, 0.05) is 26.0 Å². The summed E-state index contributed by atoms with van der Waals surface area (Å²) in [5.74, 6) is 0.246. The van der Waals surface area contributed by atoms with Gasteiger partial charge in [0.1, 0.15) is 23.9 Å².